The second-order valence-corrected chi connectivity index (χ2v) is 4.06. The van der Waals surface area contributed by atoms with Crippen LogP contribution in [0.15, 0.2) is 23.6 Å². The maximum absolute atomic E-state index is 3.44. The summed E-state index contributed by atoms with van der Waals surface area (Å²) in [5, 5.41) is 5.55. The van der Waals surface area contributed by atoms with Crippen LogP contribution in [-0.4, -0.2) is 12.6 Å². The molecule has 2 rings (SSSR count). The fourth-order valence-corrected chi connectivity index (χ4v) is 2.10. The first-order valence-electron chi connectivity index (χ1n) is 4.40. The number of thiophene rings is 1. The minimum Gasteiger partial charge on any atom is -0.311 e. The molecule has 0 aromatic carbocycles. The van der Waals surface area contributed by atoms with Gasteiger partial charge >= 0.3 is 0 Å². The molecule has 2 heteroatoms. The summed E-state index contributed by atoms with van der Waals surface area (Å²) in [6, 6.07) is 4.86. The Morgan fingerprint density at radius 3 is 3.25 bits per heavy atom. The Bertz CT molecular complexity index is 245. The van der Waals surface area contributed by atoms with E-state index < -0.39 is 0 Å². The highest BCUT2D eigenvalue weighted by Crippen LogP contribution is 2.13. The van der Waals surface area contributed by atoms with Crippen molar-refractivity contribution in [3.8, 4) is 0 Å². The number of hydrogen-bond donors (Lipinski definition) is 1. The maximum atomic E-state index is 3.44. The Kier molecular flexibility index (Phi) is 2.59. The van der Waals surface area contributed by atoms with Crippen LogP contribution < -0.4 is 5.32 Å². The smallest absolute Gasteiger partial charge is 0.0267 e. The van der Waals surface area contributed by atoms with Crippen LogP contribution in [0.4, 0.5) is 0 Å². The van der Waals surface area contributed by atoms with E-state index in [9.17, 15) is 0 Å². The van der Waals surface area contributed by atoms with E-state index in [1.807, 2.05) is 0 Å². The average Bonchev–Trinajstić information content (AvgIpc) is 2.74. The third-order valence-corrected chi connectivity index (χ3v) is 2.97. The number of hydrogen-bond acceptors (Lipinski definition) is 2. The Morgan fingerprint density at radius 1 is 1.58 bits per heavy atom. The molecule has 1 N–H and O–H groups in total. The van der Waals surface area contributed by atoms with Crippen LogP contribution in [0.25, 0.3) is 6.08 Å². The molecule has 1 atom stereocenters. The molecule has 1 aliphatic heterocycles. The van der Waals surface area contributed by atoms with Crippen molar-refractivity contribution in [3.05, 3.63) is 28.5 Å². The van der Waals surface area contributed by atoms with Crippen LogP contribution in [-0.2, 0) is 0 Å². The van der Waals surface area contributed by atoms with E-state index >= 15 is 0 Å². The van der Waals surface area contributed by atoms with Crippen molar-refractivity contribution >= 4 is 17.4 Å². The molecule has 12 heavy (non-hydrogen) atoms. The molecule has 0 amide bonds. The second-order valence-electron chi connectivity index (χ2n) is 3.08. The number of nitrogens with one attached hydrogen (secondary N) is 1. The molecule has 0 spiro atoms. The van der Waals surface area contributed by atoms with Gasteiger partial charge in [0.05, 0.1) is 0 Å². The minimum atomic E-state index is 0.618. The lowest BCUT2D eigenvalue weighted by Gasteiger charge is -2.00. The van der Waals surface area contributed by atoms with Crippen molar-refractivity contribution in [2.24, 2.45) is 0 Å². The second kappa shape index (κ2) is 3.87. The van der Waals surface area contributed by atoms with Gasteiger partial charge in [0.2, 0.25) is 0 Å². The molecule has 0 aliphatic carbocycles. The van der Waals surface area contributed by atoms with Crippen molar-refractivity contribution in [1.82, 2.24) is 5.32 Å². The summed E-state index contributed by atoms with van der Waals surface area (Å²) in [6.45, 7) is 1.18. The molecule has 2 heterocycles. The number of rotatable bonds is 2. The normalized spacial score (nSPS) is 23.8. The molecule has 1 nitrogen and oxygen atoms in total. The fourth-order valence-electron chi connectivity index (χ4n) is 1.47. The molecule has 0 unspecified atom stereocenters. The van der Waals surface area contributed by atoms with Crippen molar-refractivity contribution < 1.29 is 0 Å². The van der Waals surface area contributed by atoms with E-state index in [0.717, 1.165) is 0 Å². The lowest BCUT2D eigenvalue weighted by molar-refractivity contribution is 0.730. The van der Waals surface area contributed by atoms with Gasteiger partial charge in [0.25, 0.3) is 0 Å². The van der Waals surface area contributed by atoms with E-state index in [1.165, 1.54) is 24.3 Å². The molecule has 0 saturated carbocycles. The van der Waals surface area contributed by atoms with Crippen LogP contribution in [0.3, 0.4) is 0 Å². The summed E-state index contributed by atoms with van der Waals surface area (Å²) in [6.07, 6.45) is 7.10. The van der Waals surface area contributed by atoms with Crippen molar-refractivity contribution in [2.45, 2.75) is 18.9 Å². The highest BCUT2D eigenvalue weighted by Gasteiger charge is 2.09. The van der Waals surface area contributed by atoms with Gasteiger partial charge < -0.3 is 5.32 Å². The van der Waals surface area contributed by atoms with E-state index in [-0.39, 0.29) is 0 Å². The van der Waals surface area contributed by atoms with Gasteiger partial charge in [0.15, 0.2) is 0 Å². The Morgan fingerprint density at radius 2 is 2.58 bits per heavy atom. The maximum Gasteiger partial charge on any atom is 0.0267 e. The van der Waals surface area contributed by atoms with Crippen LogP contribution in [0.5, 0.6) is 0 Å². The largest absolute Gasteiger partial charge is 0.311 e. The molecular formula is C10H13NS. The van der Waals surface area contributed by atoms with Crippen molar-refractivity contribution in [3.63, 3.8) is 0 Å². The summed E-state index contributed by atoms with van der Waals surface area (Å²) < 4.78 is 0. The highest BCUT2D eigenvalue weighted by molar-refractivity contribution is 7.10. The molecular weight excluding hydrogens is 166 g/mol. The fraction of sp³-hybridized carbons (Fsp3) is 0.400. The third-order valence-electron chi connectivity index (χ3n) is 2.13. The predicted molar refractivity (Wildman–Crippen MR) is 54.4 cm³/mol. The monoisotopic (exact) mass is 179 g/mol. The molecule has 1 aliphatic rings. The topological polar surface area (TPSA) is 12.0 Å². The molecule has 1 fully saturated rings. The van der Waals surface area contributed by atoms with Gasteiger partial charge in [-0.15, -0.1) is 11.3 Å². The van der Waals surface area contributed by atoms with Crippen LogP contribution >= 0.6 is 11.3 Å². The van der Waals surface area contributed by atoms with Crippen LogP contribution in [0.1, 0.15) is 17.7 Å². The van der Waals surface area contributed by atoms with Crippen molar-refractivity contribution in [1.29, 1.82) is 0 Å². The van der Waals surface area contributed by atoms with Gasteiger partial charge in [0.1, 0.15) is 0 Å². The Hall–Kier alpha value is -0.600. The minimum absolute atomic E-state index is 0.618. The molecule has 64 valence electrons. The molecule has 1 saturated heterocycles. The van der Waals surface area contributed by atoms with E-state index in [4.69, 9.17) is 0 Å². The highest BCUT2D eigenvalue weighted by atomic mass is 32.1. The van der Waals surface area contributed by atoms with Gasteiger partial charge in [-0.05, 0) is 36.9 Å². The predicted octanol–water partition coefficient (Wildman–Crippen LogP) is 2.51. The SMILES string of the molecule is C(=C\[C@@H]1CCCN1)/c1cccs1. The third kappa shape index (κ3) is 1.96. The summed E-state index contributed by atoms with van der Waals surface area (Å²) in [5.74, 6) is 0. The average molecular weight is 179 g/mol. The molecule has 1 aromatic rings. The van der Waals surface area contributed by atoms with Crippen molar-refractivity contribution in [2.75, 3.05) is 6.54 Å². The van der Waals surface area contributed by atoms with E-state index in [2.05, 4.69) is 35.0 Å². The van der Waals surface area contributed by atoms with Crippen LogP contribution in [0, 0.1) is 0 Å². The van der Waals surface area contributed by atoms with Gasteiger partial charge in [0, 0.05) is 10.9 Å². The first kappa shape index (κ1) is 8.02. The van der Waals surface area contributed by atoms with Crippen LogP contribution in [0.2, 0.25) is 0 Å². The van der Waals surface area contributed by atoms with Gasteiger partial charge in [-0.2, -0.15) is 0 Å². The van der Waals surface area contributed by atoms with Gasteiger partial charge in [-0.25, -0.2) is 0 Å². The van der Waals surface area contributed by atoms with E-state index in [0.29, 0.717) is 6.04 Å². The molecule has 0 radical (unpaired) electrons. The summed E-state index contributed by atoms with van der Waals surface area (Å²) in [7, 11) is 0. The summed E-state index contributed by atoms with van der Waals surface area (Å²) in [5.41, 5.74) is 0. The van der Waals surface area contributed by atoms with E-state index in [1.54, 1.807) is 11.3 Å². The zero-order valence-electron chi connectivity index (χ0n) is 6.99. The lowest BCUT2D eigenvalue weighted by Crippen LogP contribution is -2.17. The molecule has 0 bridgehead atoms. The quantitative estimate of drug-likeness (QED) is 0.735. The first-order chi connectivity index (χ1) is 5.95. The first-order valence-corrected chi connectivity index (χ1v) is 5.28. The zero-order valence-corrected chi connectivity index (χ0v) is 7.81. The Balaban J connectivity index is 1.93. The standard InChI is InChI=1S/C10H13NS/c1-3-9(11-7-1)5-6-10-4-2-8-12-10/h2,4-6,8-9,11H,1,3,7H2/b6-5+/t9-/m0/s1. The zero-order chi connectivity index (χ0) is 8.23. The van der Waals surface area contributed by atoms with Gasteiger partial charge in [-0.1, -0.05) is 12.1 Å². The van der Waals surface area contributed by atoms with Gasteiger partial charge in [-0.3, -0.25) is 0 Å². The summed E-state index contributed by atoms with van der Waals surface area (Å²) >= 11 is 1.79. The molecule has 1 aromatic heterocycles. The Labute approximate surface area is 77.1 Å². The summed E-state index contributed by atoms with van der Waals surface area (Å²) in [4.78, 5) is 1.35. The lowest BCUT2D eigenvalue weighted by atomic mass is 10.2.